The summed E-state index contributed by atoms with van der Waals surface area (Å²) in [5.74, 6) is -0.656. The third kappa shape index (κ3) is 6.09. The molecule has 37 heavy (non-hydrogen) atoms. The zero-order valence-corrected chi connectivity index (χ0v) is 20.6. The van der Waals surface area contributed by atoms with Crippen LogP contribution in [0.5, 0.6) is 0 Å². The summed E-state index contributed by atoms with van der Waals surface area (Å²) in [7, 11) is 0. The van der Waals surface area contributed by atoms with Gasteiger partial charge in [0.2, 0.25) is 0 Å². The Balaban J connectivity index is 1.27. The van der Waals surface area contributed by atoms with E-state index in [1.165, 1.54) is 0 Å². The van der Waals surface area contributed by atoms with Crippen LogP contribution < -0.4 is 21.7 Å². The van der Waals surface area contributed by atoms with Gasteiger partial charge in [-0.15, -0.1) is 0 Å². The molecule has 0 aliphatic carbocycles. The molecule has 1 amide bonds. The molecule has 2 aromatic carbocycles. The van der Waals surface area contributed by atoms with E-state index in [0.717, 1.165) is 41.7 Å². The number of amides is 1. The van der Waals surface area contributed by atoms with Gasteiger partial charge in [-0.25, -0.2) is 4.79 Å². The predicted molar refractivity (Wildman–Crippen MR) is 137 cm³/mol. The molecule has 0 spiro atoms. The number of nitrogens with zero attached hydrogens (tertiary/aromatic N) is 2. The summed E-state index contributed by atoms with van der Waals surface area (Å²) in [5.41, 5.74) is 4.13. The average Bonchev–Trinajstić information content (AvgIpc) is 3.08. The summed E-state index contributed by atoms with van der Waals surface area (Å²) in [6.07, 6.45) is 0.660. The molecule has 2 aliphatic rings. The van der Waals surface area contributed by atoms with E-state index in [2.05, 4.69) is 22.0 Å². The van der Waals surface area contributed by atoms with Crippen LogP contribution in [0.15, 0.2) is 51.7 Å². The molecule has 3 atom stereocenters. The van der Waals surface area contributed by atoms with Crippen LogP contribution in [0.3, 0.4) is 0 Å². The molecule has 3 aromatic rings. The van der Waals surface area contributed by atoms with Crippen LogP contribution in [0.25, 0.3) is 22.2 Å². The van der Waals surface area contributed by atoms with Crippen LogP contribution >= 0.6 is 0 Å². The Kier molecular flexibility index (Phi) is 7.96. The molecule has 2 aliphatic heterocycles. The zero-order valence-electron chi connectivity index (χ0n) is 20.6. The SMILES string of the molecule is N#C[C@H](Cc1ccc(-c2ccc3oc(=O)n(CC4COCCN4)c3c2)cc1)NC(=O)[C@@H]1CNCCCO1. The Morgan fingerprint density at radius 2 is 2.00 bits per heavy atom. The van der Waals surface area contributed by atoms with Gasteiger partial charge in [0, 0.05) is 38.7 Å². The van der Waals surface area contributed by atoms with E-state index >= 15 is 0 Å². The number of carbonyl (C=O) groups is 1. The van der Waals surface area contributed by atoms with E-state index in [4.69, 9.17) is 13.9 Å². The Labute approximate surface area is 214 Å². The number of benzene rings is 2. The molecule has 0 radical (unpaired) electrons. The van der Waals surface area contributed by atoms with Gasteiger partial charge in [0.05, 0.1) is 24.8 Å². The Morgan fingerprint density at radius 1 is 1.16 bits per heavy atom. The van der Waals surface area contributed by atoms with Crippen molar-refractivity contribution in [1.29, 1.82) is 5.26 Å². The van der Waals surface area contributed by atoms with Crippen LogP contribution in [0.4, 0.5) is 0 Å². The molecule has 1 unspecified atom stereocenters. The fourth-order valence-corrected chi connectivity index (χ4v) is 4.72. The van der Waals surface area contributed by atoms with Crippen molar-refractivity contribution in [3.63, 3.8) is 0 Å². The number of fused-ring (bicyclic) bond motifs is 1. The molecule has 1 aromatic heterocycles. The van der Waals surface area contributed by atoms with E-state index in [0.29, 0.717) is 44.9 Å². The number of carbonyl (C=O) groups excluding carboxylic acids is 1. The molecule has 0 bridgehead atoms. The van der Waals surface area contributed by atoms with Gasteiger partial charge in [0.1, 0.15) is 12.1 Å². The maximum atomic E-state index is 12.5. The van der Waals surface area contributed by atoms with Crippen LogP contribution in [-0.4, -0.2) is 68.1 Å². The highest BCUT2D eigenvalue weighted by atomic mass is 16.5. The minimum atomic E-state index is -0.653. The first-order chi connectivity index (χ1) is 18.1. The Morgan fingerprint density at radius 3 is 2.78 bits per heavy atom. The van der Waals surface area contributed by atoms with Gasteiger partial charge in [0.25, 0.3) is 5.91 Å². The minimum Gasteiger partial charge on any atom is -0.408 e. The van der Waals surface area contributed by atoms with Crippen LogP contribution in [0.1, 0.15) is 12.0 Å². The van der Waals surface area contributed by atoms with Crippen molar-refractivity contribution < 1.29 is 18.7 Å². The number of ether oxygens (including phenoxy) is 2. The molecular formula is C27H31N5O5. The van der Waals surface area contributed by atoms with Gasteiger partial charge in [-0.3, -0.25) is 9.36 Å². The summed E-state index contributed by atoms with van der Waals surface area (Å²) >= 11 is 0. The van der Waals surface area contributed by atoms with Crippen LogP contribution in [0, 0.1) is 11.3 Å². The lowest BCUT2D eigenvalue weighted by atomic mass is 10.0. The van der Waals surface area contributed by atoms with E-state index in [9.17, 15) is 14.9 Å². The highest BCUT2D eigenvalue weighted by molar-refractivity contribution is 5.82. The maximum absolute atomic E-state index is 12.5. The van der Waals surface area contributed by atoms with Crippen molar-refractivity contribution in [2.24, 2.45) is 0 Å². The highest BCUT2D eigenvalue weighted by Crippen LogP contribution is 2.25. The number of nitrogens with one attached hydrogen (secondary N) is 3. The molecule has 0 saturated carbocycles. The first kappa shape index (κ1) is 25.2. The molecular weight excluding hydrogens is 474 g/mol. The maximum Gasteiger partial charge on any atom is 0.420 e. The first-order valence-electron chi connectivity index (χ1n) is 12.7. The summed E-state index contributed by atoms with van der Waals surface area (Å²) in [4.78, 5) is 25.0. The molecule has 10 heteroatoms. The number of hydrogen-bond acceptors (Lipinski definition) is 8. The van der Waals surface area contributed by atoms with Crippen molar-refractivity contribution in [3.05, 3.63) is 58.6 Å². The van der Waals surface area contributed by atoms with Crippen LogP contribution in [0.2, 0.25) is 0 Å². The van der Waals surface area contributed by atoms with Crippen molar-refractivity contribution in [1.82, 2.24) is 20.5 Å². The highest BCUT2D eigenvalue weighted by Gasteiger charge is 2.23. The smallest absolute Gasteiger partial charge is 0.408 e. The van der Waals surface area contributed by atoms with Crippen molar-refractivity contribution in [2.75, 3.05) is 39.5 Å². The monoisotopic (exact) mass is 505 g/mol. The number of aromatic nitrogens is 1. The molecule has 5 rings (SSSR count). The normalized spacial score (nSPS) is 21.2. The number of rotatable bonds is 7. The fourth-order valence-electron chi connectivity index (χ4n) is 4.72. The fraction of sp³-hybridized carbons (Fsp3) is 0.444. The van der Waals surface area contributed by atoms with Gasteiger partial charge in [0.15, 0.2) is 5.58 Å². The summed E-state index contributed by atoms with van der Waals surface area (Å²) in [6.45, 7) is 4.23. The second-order valence-corrected chi connectivity index (χ2v) is 9.40. The van der Waals surface area contributed by atoms with Crippen molar-refractivity contribution in [2.45, 2.75) is 37.6 Å². The Bertz CT molecular complexity index is 1310. The van der Waals surface area contributed by atoms with E-state index < -0.39 is 12.1 Å². The predicted octanol–water partition coefficient (Wildman–Crippen LogP) is 1.18. The van der Waals surface area contributed by atoms with E-state index in [1.807, 2.05) is 42.5 Å². The first-order valence-corrected chi connectivity index (χ1v) is 12.7. The quantitative estimate of drug-likeness (QED) is 0.436. The van der Waals surface area contributed by atoms with Crippen LogP contribution in [-0.2, 0) is 27.2 Å². The zero-order chi connectivity index (χ0) is 25.6. The van der Waals surface area contributed by atoms with Crippen molar-refractivity contribution in [3.8, 4) is 17.2 Å². The number of oxazole rings is 1. The van der Waals surface area contributed by atoms with Gasteiger partial charge in [-0.2, -0.15) is 5.26 Å². The third-order valence-electron chi connectivity index (χ3n) is 6.71. The standard InChI is InChI=1S/C27H31N5O5/c28-14-21(31-26(33)25-15-29-8-1-10-36-25)12-18-2-4-19(5-3-18)20-6-7-24-23(13-20)32(27(34)37-24)16-22-17-35-11-9-30-22/h2-7,13,21-22,25,29-30H,1,8-12,15-17H2,(H,31,33)/t21-,22?,25-/m0/s1. The lowest BCUT2D eigenvalue weighted by Crippen LogP contribution is -2.46. The third-order valence-corrected chi connectivity index (χ3v) is 6.71. The number of nitriles is 1. The average molecular weight is 506 g/mol. The lowest BCUT2D eigenvalue weighted by molar-refractivity contribution is -0.132. The summed E-state index contributed by atoms with van der Waals surface area (Å²) in [6, 6.07) is 15.1. The molecule has 2 fully saturated rings. The molecule has 2 saturated heterocycles. The largest absolute Gasteiger partial charge is 0.420 e. The van der Waals surface area contributed by atoms with Crippen molar-refractivity contribution >= 4 is 17.0 Å². The second-order valence-electron chi connectivity index (χ2n) is 9.40. The molecule has 3 heterocycles. The van der Waals surface area contributed by atoms with E-state index in [1.54, 1.807) is 4.57 Å². The van der Waals surface area contributed by atoms with Gasteiger partial charge >= 0.3 is 5.76 Å². The van der Waals surface area contributed by atoms with Gasteiger partial charge < -0.3 is 29.8 Å². The molecule has 194 valence electrons. The van der Waals surface area contributed by atoms with Gasteiger partial charge in [-0.1, -0.05) is 30.3 Å². The molecule has 10 nitrogen and oxygen atoms in total. The molecule has 3 N–H and O–H groups in total. The Hall–Kier alpha value is -3.49. The van der Waals surface area contributed by atoms with Gasteiger partial charge in [-0.05, 0) is 41.8 Å². The topological polar surface area (TPSA) is 131 Å². The number of hydrogen-bond donors (Lipinski definition) is 3. The number of morpholine rings is 1. The summed E-state index contributed by atoms with van der Waals surface area (Å²) in [5, 5.41) is 18.9. The second kappa shape index (κ2) is 11.7. The minimum absolute atomic E-state index is 0.0501. The van der Waals surface area contributed by atoms with E-state index in [-0.39, 0.29) is 17.7 Å². The summed E-state index contributed by atoms with van der Waals surface area (Å²) < 4.78 is 18.2. The lowest BCUT2D eigenvalue weighted by Gasteiger charge is -2.23.